The van der Waals surface area contributed by atoms with Crippen LogP contribution in [0, 0.1) is 0 Å². The van der Waals surface area contributed by atoms with E-state index in [9.17, 15) is 8.42 Å². The molecule has 0 amide bonds. The van der Waals surface area contributed by atoms with Crippen molar-refractivity contribution in [3.8, 4) is 0 Å². The van der Waals surface area contributed by atoms with Gasteiger partial charge < -0.3 is 5.73 Å². The van der Waals surface area contributed by atoms with Gasteiger partial charge in [-0.3, -0.25) is 0 Å². The van der Waals surface area contributed by atoms with Gasteiger partial charge in [-0.2, -0.15) is 11.8 Å². The van der Waals surface area contributed by atoms with Crippen LogP contribution >= 0.6 is 27.7 Å². The molecular formula is C9H13BrN2O2S2. The van der Waals surface area contributed by atoms with Crippen LogP contribution in [0.5, 0.6) is 0 Å². The zero-order valence-corrected chi connectivity index (χ0v) is 12.0. The number of rotatable bonds is 5. The molecular weight excluding hydrogens is 312 g/mol. The van der Waals surface area contributed by atoms with E-state index in [-0.39, 0.29) is 4.90 Å². The number of benzene rings is 1. The maximum atomic E-state index is 11.8. The molecule has 0 fully saturated rings. The van der Waals surface area contributed by atoms with Gasteiger partial charge in [-0.15, -0.1) is 0 Å². The quantitative estimate of drug-likeness (QED) is 0.638. The molecule has 0 heterocycles. The molecule has 0 aliphatic heterocycles. The molecule has 0 aliphatic rings. The number of nitrogens with one attached hydrogen (secondary N) is 1. The first kappa shape index (κ1) is 13.8. The highest BCUT2D eigenvalue weighted by molar-refractivity contribution is 9.10. The zero-order valence-electron chi connectivity index (χ0n) is 8.73. The normalized spacial score (nSPS) is 11.6. The minimum atomic E-state index is -3.42. The van der Waals surface area contributed by atoms with Gasteiger partial charge in [-0.1, -0.05) is 0 Å². The van der Waals surface area contributed by atoms with Crippen LogP contribution < -0.4 is 10.5 Å². The minimum Gasteiger partial charge on any atom is -0.398 e. The largest absolute Gasteiger partial charge is 0.398 e. The Bertz CT molecular complexity index is 463. The maximum Gasteiger partial charge on any atom is 0.240 e. The molecule has 0 spiro atoms. The molecule has 0 aromatic heterocycles. The summed E-state index contributed by atoms with van der Waals surface area (Å²) in [6.07, 6.45) is 1.92. The molecule has 0 radical (unpaired) electrons. The summed E-state index contributed by atoms with van der Waals surface area (Å²) in [6, 6.07) is 4.55. The number of hydrogen-bond acceptors (Lipinski definition) is 4. The Morgan fingerprint density at radius 2 is 2.19 bits per heavy atom. The summed E-state index contributed by atoms with van der Waals surface area (Å²) in [7, 11) is -3.42. The summed E-state index contributed by atoms with van der Waals surface area (Å²) < 4.78 is 26.7. The highest BCUT2D eigenvalue weighted by Gasteiger charge is 2.13. The van der Waals surface area contributed by atoms with E-state index >= 15 is 0 Å². The van der Waals surface area contributed by atoms with Crippen molar-refractivity contribution in [3.05, 3.63) is 22.7 Å². The molecule has 0 atom stereocenters. The molecule has 0 aliphatic carbocycles. The van der Waals surface area contributed by atoms with Gasteiger partial charge in [-0.05, 0) is 40.4 Å². The molecule has 90 valence electrons. The van der Waals surface area contributed by atoms with E-state index < -0.39 is 10.0 Å². The summed E-state index contributed by atoms with van der Waals surface area (Å²) in [6.45, 7) is 0.422. The van der Waals surface area contributed by atoms with E-state index in [0.29, 0.717) is 16.7 Å². The first-order valence-corrected chi connectivity index (χ1v) is 8.18. The first-order valence-electron chi connectivity index (χ1n) is 4.51. The second-order valence-electron chi connectivity index (χ2n) is 3.07. The molecule has 0 saturated carbocycles. The fraction of sp³-hybridized carbons (Fsp3) is 0.333. The Morgan fingerprint density at radius 1 is 1.50 bits per heavy atom. The number of hydrogen-bond donors (Lipinski definition) is 2. The summed E-state index contributed by atoms with van der Waals surface area (Å²) >= 11 is 4.79. The molecule has 0 saturated heterocycles. The van der Waals surface area contributed by atoms with Gasteiger partial charge in [0, 0.05) is 22.5 Å². The third kappa shape index (κ3) is 3.65. The first-order chi connectivity index (χ1) is 7.47. The molecule has 1 rings (SSSR count). The van der Waals surface area contributed by atoms with Crippen LogP contribution in [0.2, 0.25) is 0 Å². The highest BCUT2D eigenvalue weighted by Crippen LogP contribution is 2.22. The minimum absolute atomic E-state index is 0.217. The van der Waals surface area contributed by atoms with Crippen LogP contribution in [0.25, 0.3) is 0 Å². The van der Waals surface area contributed by atoms with Gasteiger partial charge in [0.2, 0.25) is 10.0 Å². The average molecular weight is 325 g/mol. The molecule has 4 nitrogen and oxygen atoms in total. The number of sulfonamides is 1. The fourth-order valence-corrected chi connectivity index (χ4v) is 3.06. The van der Waals surface area contributed by atoms with E-state index in [1.165, 1.54) is 12.1 Å². The van der Waals surface area contributed by atoms with Crippen molar-refractivity contribution < 1.29 is 8.42 Å². The second kappa shape index (κ2) is 5.90. The third-order valence-corrected chi connectivity index (χ3v) is 4.64. The van der Waals surface area contributed by atoms with Gasteiger partial charge >= 0.3 is 0 Å². The number of halogens is 1. The van der Waals surface area contributed by atoms with Crippen molar-refractivity contribution >= 4 is 43.4 Å². The molecule has 7 heteroatoms. The molecule has 0 unspecified atom stereocenters. The predicted molar refractivity (Wildman–Crippen MR) is 72.1 cm³/mol. The number of nitrogens with two attached hydrogens (primary N) is 1. The lowest BCUT2D eigenvalue weighted by Gasteiger charge is -2.07. The smallest absolute Gasteiger partial charge is 0.240 e. The summed E-state index contributed by atoms with van der Waals surface area (Å²) in [5, 5.41) is 0. The molecule has 1 aromatic rings. The average Bonchev–Trinajstić information content (AvgIpc) is 2.22. The van der Waals surface area contributed by atoms with Crippen molar-refractivity contribution in [2.75, 3.05) is 24.3 Å². The van der Waals surface area contributed by atoms with Crippen LogP contribution in [0.1, 0.15) is 0 Å². The Labute approximate surface area is 108 Å². The fourth-order valence-electron chi connectivity index (χ4n) is 1.04. The van der Waals surface area contributed by atoms with Crippen LogP contribution in [-0.2, 0) is 10.0 Å². The van der Waals surface area contributed by atoms with E-state index in [2.05, 4.69) is 20.7 Å². The number of anilines is 1. The van der Waals surface area contributed by atoms with Crippen molar-refractivity contribution in [2.24, 2.45) is 0 Å². The van der Waals surface area contributed by atoms with Crippen molar-refractivity contribution in [1.82, 2.24) is 4.72 Å². The van der Waals surface area contributed by atoms with Gasteiger partial charge in [-0.25, -0.2) is 13.1 Å². The van der Waals surface area contributed by atoms with Crippen molar-refractivity contribution in [1.29, 1.82) is 0 Å². The van der Waals surface area contributed by atoms with E-state index in [0.717, 1.165) is 5.75 Å². The van der Waals surface area contributed by atoms with Crippen LogP contribution in [0.3, 0.4) is 0 Å². The Hall–Kier alpha value is -0.240. The van der Waals surface area contributed by atoms with Gasteiger partial charge in [0.25, 0.3) is 0 Å². The van der Waals surface area contributed by atoms with E-state index in [1.807, 2.05) is 6.26 Å². The second-order valence-corrected chi connectivity index (χ2v) is 6.68. The molecule has 1 aromatic carbocycles. The lowest BCUT2D eigenvalue weighted by Crippen LogP contribution is -2.26. The molecule has 16 heavy (non-hydrogen) atoms. The number of thioether (sulfide) groups is 1. The van der Waals surface area contributed by atoms with Crippen LogP contribution in [0.15, 0.2) is 27.6 Å². The molecule has 0 bridgehead atoms. The lowest BCUT2D eigenvalue weighted by atomic mass is 10.3. The van der Waals surface area contributed by atoms with Crippen LogP contribution in [-0.4, -0.2) is 27.0 Å². The SMILES string of the molecule is CSCCNS(=O)(=O)c1ccc(N)c(Br)c1. The Balaban J connectivity index is 2.86. The van der Waals surface area contributed by atoms with E-state index in [4.69, 9.17) is 5.73 Å². The zero-order chi connectivity index (χ0) is 12.2. The monoisotopic (exact) mass is 324 g/mol. The number of nitrogen functional groups attached to an aromatic ring is 1. The van der Waals surface area contributed by atoms with Gasteiger partial charge in [0.1, 0.15) is 0 Å². The Kier molecular flexibility index (Phi) is 5.10. The van der Waals surface area contributed by atoms with Gasteiger partial charge in [0.15, 0.2) is 0 Å². The summed E-state index contributed by atoms with van der Waals surface area (Å²) in [5.74, 6) is 0.745. The highest BCUT2D eigenvalue weighted by atomic mass is 79.9. The predicted octanol–water partition coefficient (Wildman–Crippen LogP) is 1.67. The molecule has 3 N–H and O–H groups in total. The maximum absolute atomic E-state index is 11.8. The standard InChI is InChI=1S/C9H13BrN2O2S2/c1-15-5-4-12-16(13,14)7-2-3-9(11)8(10)6-7/h2-3,6,12H,4-5,11H2,1H3. The van der Waals surface area contributed by atoms with Gasteiger partial charge in [0.05, 0.1) is 4.90 Å². The third-order valence-electron chi connectivity index (χ3n) is 1.88. The lowest BCUT2D eigenvalue weighted by molar-refractivity contribution is 0.584. The van der Waals surface area contributed by atoms with Crippen molar-refractivity contribution in [2.45, 2.75) is 4.90 Å². The summed E-state index contributed by atoms with van der Waals surface area (Å²) in [5.41, 5.74) is 6.10. The van der Waals surface area contributed by atoms with E-state index in [1.54, 1.807) is 17.8 Å². The van der Waals surface area contributed by atoms with Crippen LogP contribution in [0.4, 0.5) is 5.69 Å². The topological polar surface area (TPSA) is 72.2 Å². The van der Waals surface area contributed by atoms with Crippen molar-refractivity contribution in [3.63, 3.8) is 0 Å². The summed E-state index contributed by atoms with van der Waals surface area (Å²) in [4.78, 5) is 0.217. The Morgan fingerprint density at radius 3 is 2.75 bits per heavy atom.